The molecular weight excluding hydrogens is 264 g/mol. The molecule has 21 heavy (non-hydrogen) atoms. The Labute approximate surface area is 127 Å². The van der Waals surface area contributed by atoms with Crippen LogP contribution in [0.15, 0.2) is 28.5 Å². The lowest BCUT2D eigenvalue weighted by molar-refractivity contribution is 0.341. The van der Waals surface area contributed by atoms with Gasteiger partial charge in [0.1, 0.15) is 5.82 Å². The molecule has 0 amide bonds. The molecule has 0 bridgehead atoms. The molecule has 1 atom stereocenters. The minimum atomic E-state index is 0.0649. The number of hydrogen-bond donors (Lipinski definition) is 2. The third-order valence-corrected chi connectivity index (χ3v) is 3.99. The Morgan fingerprint density at radius 1 is 1.38 bits per heavy atom. The Balaban J connectivity index is 3.31. The summed E-state index contributed by atoms with van der Waals surface area (Å²) in [6.07, 6.45) is 2.77. The van der Waals surface area contributed by atoms with E-state index in [4.69, 9.17) is 5.73 Å². The van der Waals surface area contributed by atoms with Crippen molar-refractivity contribution >= 4 is 5.82 Å². The topological polar surface area (TPSA) is 65.4 Å². The van der Waals surface area contributed by atoms with Crippen LogP contribution < -0.4 is 16.2 Å². The van der Waals surface area contributed by atoms with Gasteiger partial charge in [-0.1, -0.05) is 20.8 Å². The van der Waals surface area contributed by atoms with E-state index >= 15 is 0 Å². The normalized spacial score (nSPS) is 14.0. The molecule has 1 heterocycles. The van der Waals surface area contributed by atoms with Crippen LogP contribution in [0.5, 0.6) is 0 Å². The monoisotopic (exact) mass is 292 g/mol. The average molecular weight is 292 g/mol. The van der Waals surface area contributed by atoms with E-state index in [2.05, 4.69) is 25.8 Å². The molecule has 1 rings (SSSR count). The molecule has 1 aromatic rings. The quantitative estimate of drug-likeness (QED) is 0.791. The molecule has 0 saturated carbocycles. The first kappa shape index (κ1) is 17.3. The lowest BCUT2D eigenvalue weighted by Crippen LogP contribution is -2.40. The van der Waals surface area contributed by atoms with Crippen LogP contribution in [0.2, 0.25) is 0 Å². The summed E-state index contributed by atoms with van der Waals surface area (Å²) in [5, 5.41) is 3.96. The number of aromatic amines is 1. The standard InChI is InChI=1S/C16H28N4O/c1-7-11(3)14-10-18-16(9-15(14)21)20(19(6)8-2)13(5)12(4)17/h9-11H,7-8,17H2,1-6H3,(H,18,21)/b13-12+. The van der Waals surface area contributed by atoms with Crippen LogP contribution in [-0.4, -0.2) is 23.6 Å². The van der Waals surface area contributed by atoms with Crippen LogP contribution in [0.25, 0.3) is 0 Å². The number of nitrogens with two attached hydrogens (primary N) is 1. The molecule has 0 aliphatic carbocycles. The number of hydrazine groups is 1. The molecule has 0 spiro atoms. The predicted octanol–water partition coefficient (Wildman–Crippen LogP) is 2.77. The maximum Gasteiger partial charge on any atom is 0.187 e. The zero-order chi connectivity index (χ0) is 16.2. The van der Waals surface area contributed by atoms with Crippen LogP contribution in [0.1, 0.15) is 52.5 Å². The molecule has 5 nitrogen and oxygen atoms in total. The largest absolute Gasteiger partial charge is 0.401 e. The van der Waals surface area contributed by atoms with E-state index in [1.54, 1.807) is 6.07 Å². The van der Waals surface area contributed by atoms with E-state index in [0.29, 0.717) is 0 Å². The average Bonchev–Trinajstić information content (AvgIpc) is 2.46. The minimum absolute atomic E-state index is 0.0649. The van der Waals surface area contributed by atoms with E-state index in [1.807, 2.05) is 37.1 Å². The van der Waals surface area contributed by atoms with E-state index < -0.39 is 0 Å². The van der Waals surface area contributed by atoms with Gasteiger partial charge >= 0.3 is 0 Å². The van der Waals surface area contributed by atoms with E-state index in [1.165, 1.54) is 0 Å². The number of nitrogens with zero attached hydrogens (tertiary/aromatic N) is 2. The van der Waals surface area contributed by atoms with Gasteiger partial charge in [0.15, 0.2) is 5.43 Å². The van der Waals surface area contributed by atoms with Crippen molar-refractivity contribution < 1.29 is 0 Å². The van der Waals surface area contributed by atoms with Crippen molar-refractivity contribution in [1.29, 1.82) is 0 Å². The third kappa shape index (κ3) is 3.88. The summed E-state index contributed by atoms with van der Waals surface area (Å²) < 4.78 is 0. The number of H-pyrrole nitrogens is 1. The summed E-state index contributed by atoms with van der Waals surface area (Å²) in [7, 11) is 1.97. The number of allylic oxidation sites excluding steroid dienone is 2. The fraction of sp³-hybridized carbons (Fsp3) is 0.562. The Morgan fingerprint density at radius 2 is 2.00 bits per heavy atom. The van der Waals surface area contributed by atoms with Gasteiger partial charge in [-0.3, -0.25) is 9.80 Å². The molecule has 5 heteroatoms. The molecular formula is C16H28N4O. The van der Waals surface area contributed by atoms with Crippen molar-refractivity contribution in [2.24, 2.45) is 5.73 Å². The van der Waals surface area contributed by atoms with Crippen molar-refractivity contribution in [3.63, 3.8) is 0 Å². The van der Waals surface area contributed by atoms with Gasteiger partial charge in [-0.05, 0) is 26.2 Å². The lowest BCUT2D eigenvalue weighted by Gasteiger charge is -2.33. The molecule has 0 aliphatic heterocycles. The van der Waals surface area contributed by atoms with Crippen LogP contribution in [-0.2, 0) is 0 Å². The first-order chi connectivity index (χ1) is 9.83. The van der Waals surface area contributed by atoms with Crippen LogP contribution in [0.4, 0.5) is 5.82 Å². The Kier molecular flexibility index (Phi) is 6.03. The summed E-state index contributed by atoms with van der Waals surface area (Å²) in [5.74, 6) is 0.992. The summed E-state index contributed by atoms with van der Waals surface area (Å²) in [6, 6.07) is 1.65. The third-order valence-electron chi connectivity index (χ3n) is 3.99. The van der Waals surface area contributed by atoms with Gasteiger partial charge in [-0.2, -0.15) is 0 Å². The first-order valence-electron chi connectivity index (χ1n) is 7.50. The van der Waals surface area contributed by atoms with Gasteiger partial charge in [0.05, 0.1) is 5.70 Å². The van der Waals surface area contributed by atoms with E-state index in [9.17, 15) is 4.79 Å². The number of rotatable bonds is 6. The first-order valence-corrected chi connectivity index (χ1v) is 7.50. The summed E-state index contributed by atoms with van der Waals surface area (Å²) >= 11 is 0. The smallest absolute Gasteiger partial charge is 0.187 e. The van der Waals surface area contributed by atoms with Gasteiger partial charge in [0, 0.05) is 37.1 Å². The van der Waals surface area contributed by atoms with Crippen molar-refractivity contribution in [2.75, 3.05) is 18.6 Å². The van der Waals surface area contributed by atoms with Crippen LogP contribution in [0.3, 0.4) is 0 Å². The molecule has 0 saturated heterocycles. The van der Waals surface area contributed by atoms with E-state index in [0.717, 1.165) is 35.7 Å². The Bertz CT molecular complexity index is 558. The fourth-order valence-electron chi connectivity index (χ4n) is 2.13. The zero-order valence-corrected chi connectivity index (χ0v) is 14.0. The Morgan fingerprint density at radius 3 is 2.43 bits per heavy atom. The van der Waals surface area contributed by atoms with Gasteiger partial charge in [0.2, 0.25) is 0 Å². The summed E-state index contributed by atoms with van der Waals surface area (Å²) in [4.78, 5) is 15.6. The highest BCUT2D eigenvalue weighted by atomic mass is 16.1. The minimum Gasteiger partial charge on any atom is -0.401 e. The number of anilines is 1. The molecule has 0 aliphatic rings. The summed E-state index contributed by atoms with van der Waals surface area (Å²) in [5.41, 5.74) is 8.45. The second kappa shape index (κ2) is 7.31. The van der Waals surface area contributed by atoms with E-state index in [-0.39, 0.29) is 11.3 Å². The van der Waals surface area contributed by atoms with Gasteiger partial charge in [-0.25, -0.2) is 5.01 Å². The number of nitrogens with one attached hydrogen (secondary N) is 1. The van der Waals surface area contributed by atoms with Crippen molar-refractivity contribution in [1.82, 2.24) is 9.99 Å². The van der Waals surface area contributed by atoms with Gasteiger partial charge < -0.3 is 10.7 Å². The molecule has 0 aromatic carbocycles. The SMILES string of the molecule is CCC(C)c1c[nH]c(N(/C(C)=C(\C)N)N(C)CC)cc1=O. The Hall–Kier alpha value is -1.75. The predicted molar refractivity (Wildman–Crippen MR) is 89.1 cm³/mol. The van der Waals surface area contributed by atoms with Crippen LogP contribution >= 0.6 is 0 Å². The number of pyridine rings is 1. The molecule has 3 N–H and O–H groups in total. The molecule has 1 unspecified atom stereocenters. The number of aromatic nitrogens is 1. The van der Waals surface area contributed by atoms with Gasteiger partial charge in [-0.15, -0.1) is 0 Å². The second-order valence-corrected chi connectivity index (χ2v) is 5.50. The molecule has 0 fully saturated rings. The molecule has 0 radical (unpaired) electrons. The fourth-order valence-corrected chi connectivity index (χ4v) is 2.13. The number of hydrogen-bond acceptors (Lipinski definition) is 4. The van der Waals surface area contributed by atoms with Gasteiger partial charge in [0.25, 0.3) is 0 Å². The molecule has 118 valence electrons. The summed E-state index contributed by atoms with van der Waals surface area (Å²) in [6.45, 7) is 10.8. The molecule has 1 aromatic heterocycles. The maximum atomic E-state index is 12.3. The highest BCUT2D eigenvalue weighted by Gasteiger charge is 2.17. The lowest BCUT2D eigenvalue weighted by atomic mass is 10.0. The van der Waals surface area contributed by atoms with Crippen molar-refractivity contribution in [3.8, 4) is 0 Å². The maximum absolute atomic E-state index is 12.3. The highest BCUT2D eigenvalue weighted by Crippen LogP contribution is 2.20. The second-order valence-electron chi connectivity index (χ2n) is 5.50. The van der Waals surface area contributed by atoms with Crippen LogP contribution in [0, 0.1) is 0 Å². The van der Waals surface area contributed by atoms with Crippen molar-refractivity contribution in [3.05, 3.63) is 39.4 Å². The highest BCUT2D eigenvalue weighted by molar-refractivity contribution is 5.45. The van der Waals surface area contributed by atoms with Crippen molar-refractivity contribution in [2.45, 2.75) is 47.0 Å². The zero-order valence-electron chi connectivity index (χ0n) is 14.0.